The molecule has 0 aliphatic heterocycles. The third-order valence-electron chi connectivity index (χ3n) is 5.20. The lowest BCUT2D eigenvalue weighted by atomic mass is 10.1. The van der Waals surface area contributed by atoms with Gasteiger partial charge >= 0.3 is 0 Å². The van der Waals surface area contributed by atoms with Crippen LogP contribution in [-0.2, 0) is 0 Å². The Labute approximate surface area is 157 Å². The van der Waals surface area contributed by atoms with Crippen LogP contribution in [-0.4, -0.2) is 41.9 Å². The molecule has 0 atom stereocenters. The fourth-order valence-corrected chi connectivity index (χ4v) is 5.47. The maximum absolute atomic E-state index is 4.66. The Hall–Kier alpha value is -1.02. The second-order valence-corrected chi connectivity index (χ2v) is 9.14. The lowest BCUT2D eigenvalue weighted by molar-refractivity contribution is 0.671. The number of rotatable bonds is 8. The van der Waals surface area contributed by atoms with Crippen LogP contribution in [0.4, 0.5) is 0 Å². The van der Waals surface area contributed by atoms with E-state index in [1.165, 1.54) is 51.4 Å². The minimum absolute atomic E-state index is 0.609. The summed E-state index contributed by atoms with van der Waals surface area (Å²) in [7, 11) is 0. The van der Waals surface area contributed by atoms with Crippen LogP contribution in [0.15, 0.2) is 10.3 Å². The van der Waals surface area contributed by atoms with Crippen LogP contribution in [0.5, 0.6) is 0 Å². The Balaban J connectivity index is 1.15. The number of thioether (sulfide) groups is 2. The van der Waals surface area contributed by atoms with Crippen molar-refractivity contribution in [2.75, 3.05) is 11.5 Å². The normalized spacial score (nSPS) is 19.2. The number of nitrogens with zero attached hydrogens (tertiary/aromatic N) is 4. The highest BCUT2D eigenvalue weighted by atomic mass is 32.2. The molecule has 2 saturated carbocycles. The summed E-state index contributed by atoms with van der Waals surface area (Å²) in [6.45, 7) is 0. The topological polar surface area (TPSA) is 83.1 Å². The van der Waals surface area contributed by atoms with Crippen LogP contribution in [0.1, 0.15) is 81.3 Å². The minimum Gasteiger partial charge on any atom is -0.262 e. The SMILES string of the molecule is C(CSc1n[nH]c(C2CCCC2)n1)CSc1n[nH]c(C2CCCC2)n1. The maximum atomic E-state index is 4.66. The summed E-state index contributed by atoms with van der Waals surface area (Å²) in [4.78, 5) is 9.31. The van der Waals surface area contributed by atoms with Crippen molar-refractivity contribution >= 4 is 23.5 Å². The van der Waals surface area contributed by atoms with Gasteiger partial charge in [-0.3, -0.25) is 10.2 Å². The molecule has 25 heavy (non-hydrogen) atoms. The molecule has 2 aromatic heterocycles. The van der Waals surface area contributed by atoms with E-state index in [9.17, 15) is 0 Å². The second kappa shape index (κ2) is 8.58. The third-order valence-corrected chi connectivity index (χ3v) is 7.07. The van der Waals surface area contributed by atoms with Crippen LogP contribution >= 0.6 is 23.5 Å². The molecule has 2 aliphatic rings. The van der Waals surface area contributed by atoms with Gasteiger partial charge in [-0.15, -0.1) is 10.2 Å². The van der Waals surface area contributed by atoms with Crippen molar-refractivity contribution in [3.05, 3.63) is 11.6 Å². The molecular weight excluding hydrogens is 352 g/mol. The fraction of sp³-hybridized carbons (Fsp3) is 0.765. The van der Waals surface area contributed by atoms with Gasteiger partial charge in [0.05, 0.1) is 0 Å². The molecule has 0 radical (unpaired) electrons. The summed E-state index contributed by atoms with van der Waals surface area (Å²) in [5, 5.41) is 16.8. The number of nitrogens with one attached hydrogen (secondary N) is 2. The smallest absolute Gasteiger partial charge is 0.208 e. The summed E-state index contributed by atoms with van der Waals surface area (Å²) >= 11 is 3.49. The van der Waals surface area contributed by atoms with E-state index < -0.39 is 0 Å². The number of hydrogen-bond acceptors (Lipinski definition) is 6. The molecule has 0 saturated heterocycles. The van der Waals surface area contributed by atoms with Crippen molar-refractivity contribution in [3.63, 3.8) is 0 Å². The van der Waals surface area contributed by atoms with Gasteiger partial charge in [0.25, 0.3) is 0 Å². The third kappa shape index (κ3) is 4.58. The quantitative estimate of drug-likeness (QED) is 0.519. The van der Waals surface area contributed by atoms with Crippen LogP contribution in [0.2, 0.25) is 0 Å². The molecule has 0 unspecified atom stereocenters. The summed E-state index contributed by atoms with van der Waals surface area (Å²) in [6.07, 6.45) is 11.5. The Morgan fingerprint density at radius 1 is 0.720 bits per heavy atom. The fourth-order valence-electron chi connectivity index (χ4n) is 3.79. The Morgan fingerprint density at radius 3 is 1.60 bits per heavy atom. The largest absolute Gasteiger partial charge is 0.262 e. The first kappa shape index (κ1) is 17.4. The Bertz CT molecular complexity index is 601. The first-order valence-electron chi connectivity index (χ1n) is 9.48. The average Bonchev–Trinajstić information content (AvgIpc) is 3.40. The Morgan fingerprint density at radius 2 is 1.16 bits per heavy atom. The van der Waals surface area contributed by atoms with Crippen molar-refractivity contribution in [2.24, 2.45) is 0 Å². The van der Waals surface area contributed by atoms with E-state index in [1.807, 2.05) is 0 Å². The highest BCUT2D eigenvalue weighted by molar-refractivity contribution is 8.00. The first-order chi connectivity index (χ1) is 12.4. The van der Waals surface area contributed by atoms with Gasteiger partial charge in [0.2, 0.25) is 10.3 Å². The van der Waals surface area contributed by atoms with E-state index in [2.05, 4.69) is 30.4 Å². The Kier molecular flexibility index (Phi) is 5.97. The van der Waals surface area contributed by atoms with Gasteiger partial charge < -0.3 is 0 Å². The first-order valence-corrected chi connectivity index (χ1v) is 11.5. The molecule has 4 rings (SSSR count). The molecule has 2 N–H and O–H groups in total. The van der Waals surface area contributed by atoms with Crippen molar-refractivity contribution in [2.45, 2.75) is 79.9 Å². The minimum atomic E-state index is 0.609. The van der Waals surface area contributed by atoms with Gasteiger partial charge in [-0.05, 0) is 32.1 Å². The number of aromatic amines is 2. The van der Waals surface area contributed by atoms with E-state index in [1.54, 1.807) is 23.5 Å². The summed E-state index contributed by atoms with van der Waals surface area (Å²) in [6, 6.07) is 0. The molecule has 0 bridgehead atoms. The highest BCUT2D eigenvalue weighted by Gasteiger charge is 2.21. The standard InChI is InChI=1S/C17H26N6S2/c1-2-7-12(6-1)14-18-16(22-20-14)24-10-5-11-25-17-19-15(21-23-17)13-8-3-4-9-13/h12-13H,1-11H2,(H,18,20,22)(H,19,21,23). The van der Waals surface area contributed by atoms with E-state index in [0.717, 1.165) is 39.9 Å². The van der Waals surface area contributed by atoms with Gasteiger partial charge in [-0.1, -0.05) is 49.2 Å². The predicted molar refractivity (Wildman–Crippen MR) is 101 cm³/mol. The van der Waals surface area contributed by atoms with Crippen LogP contribution in [0, 0.1) is 0 Å². The molecule has 0 amide bonds. The summed E-state index contributed by atoms with van der Waals surface area (Å²) < 4.78 is 0. The highest BCUT2D eigenvalue weighted by Crippen LogP contribution is 2.33. The van der Waals surface area contributed by atoms with Gasteiger partial charge in [0, 0.05) is 23.3 Å². The molecule has 2 heterocycles. The van der Waals surface area contributed by atoms with Gasteiger partial charge in [0.1, 0.15) is 11.6 Å². The van der Waals surface area contributed by atoms with Crippen LogP contribution in [0.3, 0.4) is 0 Å². The summed E-state index contributed by atoms with van der Waals surface area (Å²) in [5.74, 6) is 5.47. The van der Waals surface area contributed by atoms with E-state index >= 15 is 0 Å². The van der Waals surface area contributed by atoms with Gasteiger partial charge in [-0.25, -0.2) is 9.97 Å². The molecule has 2 fully saturated rings. The number of H-pyrrole nitrogens is 2. The van der Waals surface area contributed by atoms with Gasteiger partial charge in [-0.2, -0.15) is 0 Å². The van der Waals surface area contributed by atoms with Gasteiger partial charge in [0.15, 0.2) is 0 Å². The zero-order valence-corrected chi connectivity index (χ0v) is 16.2. The monoisotopic (exact) mass is 378 g/mol. The second-order valence-electron chi connectivity index (χ2n) is 7.02. The molecule has 0 spiro atoms. The lowest BCUT2D eigenvalue weighted by Gasteiger charge is -2.02. The molecule has 6 nitrogen and oxygen atoms in total. The molecule has 136 valence electrons. The molecule has 2 aliphatic carbocycles. The van der Waals surface area contributed by atoms with E-state index in [4.69, 9.17) is 0 Å². The van der Waals surface area contributed by atoms with Crippen molar-refractivity contribution in [1.29, 1.82) is 0 Å². The van der Waals surface area contributed by atoms with Crippen LogP contribution < -0.4 is 0 Å². The maximum Gasteiger partial charge on any atom is 0.208 e. The van der Waals surface area contributed by atoms with Crippen LogP contribution in [0.25, 0.3) is 0 Å². The van der Waals surface area contributed by atoms with Crippen molar-refractivity contribution in [3.8, 4) is 0 Å². The van der Waals surface area contributed by atoms with E-state index in [0.29, 0.717) is 11.8 Å². The summed E-state index contributed by atoms with van der Waals surface area (Å²) in [5.41, 5.74) is 0. The average molecular weight is 379 g/mol. The molecule has 8 heteroatoms. The molecular formula is C17H26N6S2. The number of hydrogen-bond donors (Lipinski definition) is 2. The number of aromatic nitrogens is 6. The van der Waals surface area contributed by atoms with E-state index in [-0.39, 0.29) is 0 Å². The van der Waals surface area contributed by atoms with Crippen molar-refractivity contribution < 1.29 is 0 Å². The molecule has 2 aromatic rings. The van der Waals surface area contributed by atoms with Crippen molar-refractivity contribution in [1.82, 2.24) is 30.4 Å². The zero-order chi connectivity index (χ0) is 16.9. The predicted octanol–water partition coefficient (Wildman–Crippen LogP) is 4.51. The molecule has 0 aromatic carbocycles. The lowest BCUT2D eigenvalue weighted by Crippen LogP contribution is -1.94. The zero-order valence-electron chi connectivity index (χ0n) is 14.5.